The van der Waals surface area contributed by atoms with E-state index in [1.165, 1.54) is 0 Å². The van der Waals surface area contributed by atoms with Crippen LogP contribution in [-0.4, -0.2) is 12.5 Å². The Hall–Kier alpha value is -1.82. The first-order valence-electron chi connectivity index (χ1n) is 4.13. The molecule has 0 bridgehead atoms. The Morgan fingerprint density at radius 2 is 2.31 bits per heavy atom. The second-order valence-electron chi connectivity index (χ2n) is 2.95. The number of nitrogens with one attached hydrogen (secondary N) is 1. The van der Waals surface area contributed by atoms with Crippen molar-refractivity contribution in [3.05, 3.63) is 34.9 Å². The van der Waals surface area contributed by atoms with Crippen molar-refractivity contribution < 1.29 is 4.79 Å². The summed E-state index contributed by atoms with van der Waals surface area (Å²) in [5.41, 5.74) is 2.14. The Kier molecular flexibility index (Phi) is 1.75. The molecule has 13 heavy (non-hydrogen) atoms. The van der Waals surface area contributed by atoms with Crippen LogP contribution in [0.3, 0.4) is 0 Å². The number of carbonyl (C=O) groups excluding carboxylic acids is 1. The predicted molar refractivity (Wildman–Crippen MR) is 47.2 cm³/mol. The molecule has 1 aromatic rings. The van der Waals surface area contributed by atoms with Gasteiger partial charge in [-0.3, -0.25) is 4.79 Å². The van der Waals surface area contributed by atoms with Crippen LogP contribution in [0.2, 0.25) is 0 Å². The maximum atomic E-state index is 11.3. The molecule has 1 amide bonds. The summed E-state index contributed by atoms with van der Waals surface area (Å²) < 4.78 is 0. The van der Waals surface area contributed by atoms with Gasteiger partial charge in [-0.2, -0.15) is 5.26 Å². The molecule has 1 aromatic carbocycles. The van der Waals surface area contributed by atoms with Crippen molar-refractivity contribution in [3.8, 4) is 6.07 Å². The summed E-state index contributed by atoms with van der Waals surface area (Å²) in [7, 11) is 0. The Morgan fingerprint density at radius 3 is 3.08 bits per heavy atom. The summed E-state index contributed by atoms with van der Waals surface area (Å²) in [4.78, 5) is 11.3. The number of nitriles is 1. The second-order valence-corrected chi connectivity index (χ2v) is 2.95. The summed E-state index contributed by atoms with van der Waals surface area (Å²) in [6.45, 7) is 0.629. The number of benzene rings is 1. The molecule has 64 valence electrons. The van der Waals surface area contributed by atoms with Gasteiger partial charge in [0.15, 0.2) is 0 Å². The van der Waals surface area contributed by atoms with Crippen LogP contribution in [0.5, 0.6) is 0 Å². The van der Waals surface area contributed by atoms with Crippen LogP contribution in [0.4, 0.5) is 0 Å². The van der Waals surface area contributed by atoms with E-state index in [1.54, 1.807) is 18.2 Å². The molecule has 0 saturated heterocycles. The second kappa shape index (κ2) is 2.91. The number of hydrogen-bond donors (Lipinski definition) is 1. The number of nitrogens with zero attached hydrogens (tertiary/aromatic N) is 1. The Morgan fingerprint density at radius 1 is 1.46 bits per heavy atom. The van der Waals surface area contributed by atoms with Gasteiger partial charge in [0.25, 0.3) is 5.91 Å². The van der Waals surface area contributed by atoms with Gasteiger partial charge in [-0.05, 0) is 24.1 Å². The first kappa shape index (κ1) is 7.81. The molecule has 0 radical (unpaired) electrons. The molecule has 0 atom stereocenters. The van der Waals surface area contributed by atoms with E-state index in [0.29, 0.717) is 17.7 Å². The lowest BCUT2D eigenvalue weighted by Gasteiger charge is -2.16. The molecular weight excluding hydrogens is 164 g/mol. The van der Waals surface area contributed by atoms with Crippen LogP contribution in [0.25, 0.3) is 0 Å². The monoisotopic (exact) mass is 172 g/mol. The van der Waals surface area contributed by atoms with E-state index in [-0.39, 0.29) is 5.91 Å². The standard InChI is InChI=1S/C10H8N2O/c11-6-7-2-1-3-9-8(7)4-5-12-10(9)13/h1-3H,4-5H2,(H,12,13). The minimum Gasteiger partial charge on any atom is -0.352 e. The molecule has 2 rings (SSSR count). The molecule has 1 N–H and O–H groups in total. The molecule has 3 nitrogen and oxygen atoms in total. The van der Waals surface area contributed by atoms with Crippen molar-refractivity contribution in [2.75, 3.05) is 6.54 Å². The SMILES string of the molecule is N#Cc1cccc2c1CCNC2=O. The average Bonchev–Trinajstić information content (AvgIpc) is 2.18. The van der Waals surface area contributed by atoms with Gasteiger partial charge in [0, 0.05) is 12.1 Å². The van der Waals surface area contributed by atoms with Gasteiger partial charge in [-0.25, -0.2) is 0 Å². The van der Waals surface area contributed by atoms with Crippen LogP contribution in [0.15, 0.2) is 18.2 Å². The summed E-state index contributed by atoms with van der Waals surface area (Å²) in [5.74, 6) is -0.0710. The third-order valence-corrected chi connectivity index (χ3v) is 2.20. The number of amides is 1. The number of hydrogen-bond acceptors (Lipinski definition) is 2. The van der Waals surface area contributed by atoms with Crippen molar-refractivity contribution in [1.82, 2.24) is 5.32 Å². The maximum Gasteiger partial charge on any atom is 0.251 e. The van der Waals surface area contributed by atoms with E-state index in [1.807, 2.05) is 0 Å². The fourth-order valence-corrected chi connectivity index (χ4v) is 1.57. The molecule has 1 aliphatic rings. The maximum absolute atomic E-state index is 11.3. The van der Waals surface area contributed by atoms with E-state index in [2.05, 4.69) is 11.4 Å². The summed E-state index contributed by atoms with van der Waals surface area (Å²) >= 11 is 0. The normalized spacial score (nSPS) is 14.2. The Labute approximate surface area is 76.0 Å². The van der Waals surface area contributed by atoms with Crippen molar-refractivity contribution in [2.45, 2.75) is 6.42 Å². The quantitative estimate of drug-likeness (QED) is 0.630. The van der Waals surface area contributed by atoms with Gasteiger partial charge in [-0.1, -0.05) is 6.07 Å². The minimum atomic E-state index is -0.0710. The van der Waals surface area contributed by atoms with Gasteiger partial charge in [-0.15, -0.1) is 0 Å². The van der Waals surface area contributed by atoms with Gasteiger partial charge in [0.2, 0.25) is 0 Å². The Bertz CT molecular complexity index is 404. The summed E-state index contributed by atoms with van der Waals surface area (Å²) in [6.07, 6.45) is 0.755. The lowest BCUT2D eigenvalue weighted by molar-refractivity contribution is 0.0946. The van der Waals surface area contributed by atoms with Crippen LogP contribution < -0.4 is 5.32 Å². The molecule has 1 aliphatic heterocycles. The zero-order valence-corrected chi connectivity index (χ0v) is 7.00. The Balaban J connectivity index is 2.63. The zero-order chi connectivity index (χ0) is 9.26. The van der Waals surface area contributed by atoms with E-state index in [4.69, 9.17) is 5.26 Å². The molecule has 3 heteroatoms. The van der Waals surface area contributed by atoms with Crippen LogP contribution in [0.1, 0.15) is 21.5 Å². The molecule has 1 heterocycles. The molecule has 0 saturated carbocycles. The highest BCUT2D eigenvalue weighted by atomic mass is 16.1. The number of carbonyl (C=O) groups is 1. The van der Waals surface area contributed by atoms with Gasteiger partial charge in [0.1, 0.15) is 0 Å². The van der Waals surface area contributed by atoms with E-state index < -0.39 is 0 Å². The van der Waals surface area contributed by atoms with Crippen molar-refractivity contribution in [3.63, 3.8) is 0 Å². The molecule has 0 unspecified atom stereocenters. The fourth-order valence-electron chi connectivity index (χ4n) is 1.57. The molecule has 0 aromatic heterocycles. The summed E-state index contributed by atoms with van der Waals surface area (Å²) in [5, 5.41) is 11.5. The van der Waals surface area contributed by atoms with Crippen LogP contribution in [0, 0.1) is 11.3 Å². The highest BCUT2D eigenvalue weighted by Crippen LogP contribution is 2.17. The lowest BCUT2D eigenvalue weighted by atomic mass is 9.96. The largest absolute Gasteiger partial charge is 0.352 e. The summed E-state index contributed by atoms with van der Waals surface area (Å²) in [6, 6.07) is 7.34. The minimum absolute atomic E-state index is 0.0710. The highest BCUT2D eigenvalue weighted by molar-refractivity contribution is 5.97. The van der Waals surface area contributed by atoms with Gasteiger partial charge < -0.3 is 5.32 Å². The van der Waals surface area contributed by atoms with E-state index >= 15 is 0 Å². The fraction of sp³-hybridized carbons (Fsp3) is 0.200. The molecule has 0 spiro atoms. The number of fused-ring (bicyclic) bond motifs is 1. The van der Waals surface area contributed by atoms with Crippen molar-refractivity contribution in [1.29, 1.82) is 5.26 Å². The van der Waals surface area contributed by atoms with Crippen LogP contribution >= 0.6 is 0 Å². The zero-order valence-electron chi connectivity index (χ0n) is 7.00. The topological polar surface area (TPSA) is 52.9 Å². The van der Waals surface area contributed by atoms with E-state index in [0.717, 1.165) is 12.0 Å². The smallest absolute Gasteiger partial charge is 0.251 e. The molecule has 0 aliphatic carbocycles. The molecular formula is C10H8N2O. The van der Waals surface area contributed by atoms with Gasteiger partial charge >= 0.3 is 0 Å². The van der Waals surface area contributed by atoms with Crippen LogP contribution in [-0.2, 0) is 6.42 Å². The van der Waals surface area contributed by atoms with Crippen molar-refractivity contribution >= 4 is 5.91 Å². The van der Waals surface area contributed by atoms with Crippen molar-refractivity contribution in [2.24, 2.45) is 0 Å². The highest BCUT2D eigenvalue weighted by Gasteiger charge is 2.18. The third-order valence-electron chi connectivity index (χ3n) is 2.20. The van der Waals surface area contributed by atoms with Gasteiger partial charge in [0.05, 0.1) is 11.6 Å². The average molecular weight is 172 g/mol. The third kappa shape index (κ3) is 1.17. The molecule has 0 fully saturated rings. The van der Waals surface area contributed by atoms with E-state index in [9.17, 15) is 4.79 Å². The first-order chi connectivity index (χ1) is 6.33. The number of rotatable bonds is 0. The lowest BCUT2D eigenvalue weighted by Crippen LogP contribution is -2.32. The predicted octanol–water partition coefficient (Wildman–Crippen LogP) is 0.844. The first-order valence-corrected chi connectivity index (χ1v) is 4.13.